The molecule has 6 heteroatoms. The molecule has 0 bridgehead atoms. The van der Waals surface area contributed by atoms with E-state index in [-0.39, 0.29) is 5.92 Å². The maximum absolute atomic E-state index is 12.7. The molecule has 0 spiro atoms. The second kappa shape index (κ2) is 20.3. The number of carboxylic acids is 1. The minimum absolute atomic E-state index is 0.256. The molecule has 0 rings (SSSR count). The largest absolute Gasteiger partial charge is 0.481 e. The third-order valence-electron chi connectivity index (χ3n) is 7.13. The van der Waals surface area contributed by atoms with Gasteiger partial charge >= 0.3 is 17.9 Å². The first-order valence-corrected chi connectivity index (χ1v) is 15.9. The van der Waals surface area contributed by atoms with Gasteiger partial charge in [-0.3, -0.25) is 14.4 Å². The van der Waals surface area contributed by atoms with Crippen LogP contribution in [-0.4, -0.2) is 34.2 Å². The van der Waals surface area contributed by atoms with Gasteiger partial charge in [0, 0.05) is 0 Å². The highest BCUT2D eigenvalue weighted by atomic mass is 16.6. The molecule has 0 heterocycles. The average Bonchev–Trinajstić information content (AvgIpc) is 2.79. The summed E-state index contributed by atoms with van der Waals surface area (Å²) in [5, 5.41) is 9.79. The summed E-state index contributed by atoms with van der Waals surface area (Å²) in [5.74, 6) is -2.22. The van der Waals surface area contributed by atoms with Gasteiger partial charge in [0.1, 0.15) is 11.2 Å². The van der Waals surface area contributed by atoms with Crippen LogP contribution in [0.15, 0.2) is 0 Å². The summed E-state index contributed by atoms with van der Waals surface area (Å²) in [7, 11) is 0. The van der Waals surface area contributed by atoms with Crippen LogP contribution in [-0.2, 0) is 23.9 Å². The zero-order valence-electron chi connectivity index (χ0n) is 26.7. The molecule has 0 saturated carbocycles. The van der Waals surface area contributed by atoms with E-state index < -0.39 is 35.0 Å². The fraction of sp³-hybridized carbons (Fsp3) is 0.909. The molecule has 230 valence electrons. The van der Waals surface area contributed by atoms with E-state index in [1.807, 2.05) is 0 Å². The minimum atomic E-state index is -0.914. The topological polar surface area (TPSA) is 89.9 Å². The normalized spacial score (nSPS) is 13.1. The van der Waals surface area contributed by atoms with Crippen molar-refractivity contribution in [3.63, 3.8) is 0 Å². The molecule has 0 radical (unpaired) electrons. The number of hydrogen-bond acceptors (Lipinski definition) is 5. The highest BCUT2D eigenvalue weighted by Crippen LogP contribution is 2.27. The van der Waals surface area contributed by atoms with Gasteiger partial charge in [-0.25, -0.2) is 0 Å². The second-order valence-electron chi connectivity index (χ2n) is 13.4. The Labute approximate surface area is 240 Å². The van der Waals surface area contributed by atoms with Crippen LogP contribution >= 0.6 is 0 Å². The van der Waals surface area contributed by atoms with Crippen molar-refractivity contribution in [3.8, 4) is 0 Å². The minimum Gasteiger partial charge on any atom is -0.481 e. The predicted molar refractivity (Wildman–Crippen MR) is 160 cm³/mol. The molecule has 0 aromatic heterocycles. The van der Waals surface area contributed by atoms with Gasteiger partial charge in [-0.15, -0.1) is 0 Å². The maximum Gasteiger partial charge on any atom is 0.320 e. The van der Waals surface area contributed by atoms with Gasteiger partial charge in [-0.05, 0) is 73.1 Å². The van der Waals surface area contributed by atoms with Crippen molar-refractivity contribution in [1.82, 2.24) is 0 Å². The van der Waals surface area contributed by atoms with Crippen molar-refractivity contribution >= 4 is 17.9 Å². The van der Waals surface area contributed by atoms with Gasteiger partial charge < -0.3 is 14.6 Å². The average molecular weight is 555 g/mol. The molecule has 0 saturated heterocycles. The van der Waals surface area contributed by atoms with Crippen LogP contribution in [0.3, 0.4) is 0 Å². The van der Waals surface area contributed by atoms with Gasteiger partial charge in [-0.2, -0.15) is 0 Å². The lowest BCUT2D eigenvalue weighted by molar-refractivity contribution is -0.174. The SMILES string of the molecule is CCCCCC(CCCCC)CCC(CCCCCCCC(C(=O)OC(C)(C)C)C(=O)OC(C)(C)C)C(=O)O. The lowest BCUT2D eigenvalue weighted by atomic mass is 9.86. The predicted octanol–water partition coefficient (Wildman–Crippen LogP) is 9.27. The van der Waals surface area contributed by atoms with Gasteiger partial charge in [0.25, 0.3) is 0 Å². The smallest absolute Gasteiger partial charge is 0.320 e. The molecule has 0 aliphatic carbocycles. The van der Waals surface area contributed by atoms with E-state index in [4.69, 9.17) is 9.47 Å². The molecule has 0 aromatic carbocycles. The highest BCUT2D eigenvalue weighted by Gasteiger charge is 2.34. The molecule has 0 aromatic rings. The summed E-state index contributed by atoms with van der Waals surface area (Å²) in [6, 6.07) is 0. The van der Waals surface area contributed by atoms with Crippen molar-refractivity contribution in [2.45, 2.75) is 176 Å². The quantitative estimate of drug-likeness (QED) is 0.0814. The van der Waals surface area contributed by atoms with Gasteiger partial charge in [-0.1, -0.05) is 97.3 Å². The van der Waals surface area contributed by atoms with E-state index in [1.165, 1.54) is 51.4 Å². The number of esters is 2. The molecule has 0 amide bonds. The van der Waals surface area contributed by atoms with Crippen LogP contribution in [0.4, 0.5) is 0 Å². The molecule has 1 unspecified atom stereocenters. The van der Waals surface area contributed by atoms with Gasteiger partial charge in [0.05, 0.1) is 5.92 Å². The highest BCUT2D eigenvalue weighted by molar-refractivity contribution is 5.95. The van der Waals surface area contributed by atoms with E-state index in [0.717, 1.165) is 51.4 Å². The Morgan fingerprint density at radius 2 is 0.974 bits per heavy atom. The fourth-order valence-corrected chi connectivity index (χ4v) is 4.97. The van der Waals surface area contributed by atoms with Crippen molar-refractivity contribution in [1.29, 1.82) is 0 Å². The Kier molecular flexibility index (Phi) is 19.5. The third-order valence-corrected chi connectivity index (χ3v) is 7.13. The number of carbonyl (C=O) groups excluding carboxylic acids is 2. The van der Waals surface area contributed by atoms with Gasteiger partial charge in [0.2, 0.25) is 0 Å². The Balaban J connectivity index is 4.59. The number of carboxylic acid groups (broad SMARTS) is 1. The molecular formula is C33H62O6. The van der Waals surface area contributed by atoms with Crippen LogP contribution in [0.1, 0.15) is 165 Å². The molecule has 0 aliphatic heterocycles. The Bertz CT molecular complexity index is 635. The Morgan fingerprint density at radius 1 is 0.564 bits per heavy atom. The summed E-state index contributed by atoms with van der Waals surface area (Å²) in [6.07, 6.45) is 17.3. The Hall–Kier alpha value is -1.59. The summed E-state index contributed by atoms with van der Waals surface area (Å²) < 4.78 is 11.0. The number of carbonyl (C=O) groups is 3. The number of rotatable bonds is 22. The summed E-state index contributed by atoms with van der Waals surface area (Å²) in [4.78, 5) is 37.3. The monoisotopic (exact) mass is 554 g/mol. The first-order valence-electron chi connectivity index (χ1n) is 15.9. The van der Waals surface area contributed by atoms with Crippen molar-refractivity contribution < 1.29 is 29.0 Å². The molecule has 0 fully saturated rings. The number of hydrogen-bond donors (Lipinski definition) is 1. The Morgan fingerprint density at radius 3 is 1.38 bits per heavy atom. The third kappa shape index (κ3) is 20.9. The summed E-state index contributed by atoms with van der Waals surface area (Å²) in [6.45, 7) is 15.2. The second-order valence-corrected chi connectivity index (χ2v) is 13.4. The van der Waals surface area contributed by atoms with Crippen LogP contribution in [0.5, 0.6) is 0 Å². The van der Waals surface area contributed by atoms with Gasteiger partial charge in [0.15, 0.2) is 5.92 Å². The van der Waals surface area contributed by atoms with E-state index in [1.54, 1.807) is 41.5 Å². The molecule has 39 heavy (non-hydrogen) atoms. The van der Waals surface area contributed by atoms with Crippen LogP contribution in [0, 0.1) is 17.8 Å². The van der Waals surface area contributed by atoms with Crippen LogP contribution in [0.2, 0.25) is 0 Å². The van der Waals surface area contributed by atoms with E-state index >= 15 is 0 Å². The molecular weight excluding hydrogens is 492 g/mol. The van der Waals surface area contributed by atoms with E-state index in [9.17, 15) is 19.5 Å². The fourth-order valence-electron chi connectivity index (χ4n) is 4.97. The van der Waals surface area contributed by atoms with Crippen molar-refractivity contribution in [2.75, 3.05) is 0 Å². The van der Waals surface area contributed by atoms with E-state index in [2.05, 4.69) is 13.8 Å². The van der Waals surface area contributed by atoms with Crippen LogP contribution in [0.25, 0.3) is 0 Å². The zero-order chi connectivity index (χ0) is 29.9. The van der Waals surface area contributed by atoms with Crippen LogP contribution < -0.4 is 0 Å². The number of ether oxygens (including phenoxy) is 2. The van der Waals surface area contributed by atoms with Crippen molar-refractivity contribution in [2.24, 2.45) is 17.8 Å². The molecule has 6 nitrogen and oxygen atoms in total. The first kappa shape index (κ1) is 37.4. The standard InChI is InChI=1S/C33H62O6/c1-9-11-16-20-26(21-17-12-10-2)24-25-27(29(34)35)22-18-14-13-15-19-23-28(30(36)38-32(3,4)5)31(37)39-33(6,7)8/h26-28H,9-25H2,1-8H3,(H,34,35). The summed E-state index contributed by atoms with van der Waals surface area (Å²) in [5.41, 5.74) is -1.33. The first-order chi connectivity index (χ1) is 18.2. The lowest BCUT2D eigenvalue weighted by Crippen LogP contribution is -2.36. The zero-order valence-corrected chi connectivity index (χ0v) is 26.7. The van der Waals surface area contributed by atoms with E-state index in [0.29, 0.717) is 12.3 Å². The maximum atomic E-state index is 12.7. The lowest BCUT2D eigenvalue weighted by Gasteiger charge is -2.26. The van der Waals surface area contributed by atoms with Crippen molar-refractivity contribution in [3.05, 3.63) is 0 Å². The molecule has 0 aliphatic rings. The molecule has 1 atom stereocenters. The summed E-state index contributed by atoms with van der Waals surface area (Å²) >= 11 is 0. The molecule has 1 N–H and O–H groups in total. The number of aliphatic carboxylic acids is 1. The number of unbranched alkanes of at least 4 members (excludes halogenated alkanes) is 8.